The highest BCUT2D eigenvalue weighted by Crippen LogP contribution is 2.31. The molecule has 6 heteroatoms. The molecule has 29 aromatic rings. The lowest BCUT2D eigenvalue weighted by atomic mass is 9.99. The minimum Gasteiger partial charge on any atom is -0.0874 e. The monoisotopic (exact) mass is 842 g/mol. The Kier molecular flexibility index (Phi) is 11.6. The van der Waals surface area contributed by atoms with E-state index in [9.17, 15) is 0 Å². The zero-order chi connectivity index (χ0) is 38.8. The standard InChI is InChI=1S/C48H30.2CHCl3/c1-2-32-8-20-44-38(26-32)15-16-40-28-34(10-22-46(40)44)5-6-36-12-24-48-42(30-36)18-17-41-29-35(11-23-47(41)48)4-3-33-9-21-45-39(27-33)14-13-37-25-31(1)7-19-43(37)45;2*2-1(3)4/h1-30H;2*1H. The summed E-state index contributed by atoms with van der Waals surface area (Å²) in [6.07, 6.45) is 0. The van der Waals surface area contributed by atoms with Crippen LogP contribution in [0.25, 0.3) is 97.0 Å². The van der Waals surface area contributed by atoms with Gasteiger partial charge in [-0.1, -0.05) is 215 Å². The minimum atomic E-state index is -0.750. The third-order valence-corrected chi connectivity index (χ3v) is 10.1. The highest BCUT2D eigenvalue weighted by atomic mass is 35.6. The Hall–Kier alpha value is -4.50. The molecule has 29 aromatic carbocycles. The molecule has 0 fully saturated rings. The number of hydrogen-bond acceptors (Lipinski definition) is 0. The Morgan fingerprint density at radius 2 is 0.321 bits per heavy atom. The van der Waals surface area contributed by atoms with Crippen molar-refractivity contribution < 1.29 is 0 Å². The van der Waals surface area contributed by atoms with Crippen molar-refractivity contribution in [2.45, 2.75) is 8.59 Å². The van der Waals surface area contributed by atoms with Gasteiger partial charge < -0.3 is 0 Å². The summed E-state index contributed by atoms with van der Waals surface area (Å²) < 4.78 is -1.50. The molecule has 0 aliphatic rings. The first-order valence-electron chi connectivity index (χ1n) is 18.0. The van der Waals surface area contributed by atoms with E-state index in [0.29, 0.717) is 0 Å². The summed E-state index contributed by atoms with van der Waals surface area (Å²) in [5.74, 6) is 0. The minimum absolute atomic E-state index is 0.750. The van der Waals surface area contributed by atoms with Gasteiger partial charge in [0, 0.05) is 0 Å². The van der Waals surface area contributed by atoms with Gasteiger partial charge in [-0.25, -0.2) is 0 Å². The Balaban J connectivity index is 0.000000507. The molecule has 0 saturated carbocycles. The molecule has 29 rings (SSSR count). The van der Waals surface area contributed by atoms with Crippen molar-refractivity contribution in [3.63, 3.8) is 0 Å². The Bertz CT molecular complexity index is 2640. The van der Waals surface area contributed by atoms with E-state index in [0.717, 1.165) is 0 Å². The van der Waals surface area contributed by atoms with E-state index in [4.69, 9.17) is 69.6 Å². The lowest BCUT2D eigenvalue weighted by Crippen LogP contribution is -1.79. The lowest BCUT2D eigenvalue weighted by molar-refractivity contribution is 1.78. The molecule has 56 heavy (non-hydrogen) atoms. The van der Waals surface area contributed by atoms with Crippen molar-refractivity contribution >= 4 is 167 Å². The average Bonchev–Trinajstić information content (AvgIpc) is 3.19. The van der Waals surface area contributed by atoms with Crippen LogP contribution in [0.4, 0.5) is 0 Å². The van der Waals surface area contributed by atoms with Crippen LogP contribution in [0.5, 0.6) is 0 Å². The van der Waals surface area contributed by atoms with E-state index in [1.165, 1.54) is 97.0 Å². The van der Waals surface area contributed by atoms with E-state index in [-0.39, 0.29) is 0 Å². The normalized spacial score (nSPS) is 11.4. The van der Waals surface area contributed by atoms with E-state index < -0.39 is 8.59 Å². The van der Waals surface area contributed by atoms with Crippen LogP contribution in [-0.4, -0.2) is 8.59 Å². The molecule has 0 atom stereocenters. The molecule has 0 heterocycles. The smallest absolute Gasteiger partial charge is 0.0874 e. The van der Waals surface area contributed by atoms with E-state index in [1.54, 1.807) is 0 Å². The molecule has 0 unspecified atom stereocenters. The second kappa shape index (κ2) is 16.9. The quantitative estimate of drug-likeness (QED) is 0.105. The summed E-state index contributed by atoms with van der Waals surface area (Å²) in [6, 6.07) is 67.6. The summed E-state index contributed by atoms with van der Waals surface area (Å²) in [4.78, 5) is 0. The molecular weight excluding hydrogens is 813 g/mol. The topological polar surface area (TPSA) is 0 Å². The first-order valence-corrected chi connectivity index (χ1v) is 20.6. The Morgan fingerprint density at radius 3 is 0.464 bits per heavy atom. The largest absolute Gasteiger partial charge is 0.180 e. The molecule has 18 bridgehead atoms. The molecule has 0 aromatic heterocycles. The zero-order valence-corrected chi connectivity index (χ0v) is 34.3. The van der Waals surface area contributed by atoms with Crippen LogP contribution in [0.1, 0.15) is 0 Å². The molecule has 0 saturated heterocycles. The summed E-state index contributed by atoms with van der Waals surface area (Å²) >= 11 is 28.8. The van der Waals surface area contributed by atoms with Gasteiger partial charge in [0.05, 0.1) is 0 Å². The Labute approximate surface area is 354 Å². The molecule has 274 valence electrons. The van der Waals surface area contributed by atoms with E-state index in [2.05, 4.69) is 182 Å². The fourth-order valence-electron chi connectivity index (χ4n) is 7.52. The van der Waals surface area contributed by atoms with Gasteiger partial charge in [0.1, 0.15) is 0 Å². The molecule has 0 amide bonds. The second-order valence-corrected chi connectivity index (χ2v) is 17.5. The van der Waals surface area contributed by atoms with Gasteiger partial charge >= 0.3 is 0 Å². The van der Waals surface area contributed by atoms with Gasteiger partial charge in [0.2, 0.25) is 0 Å². The van der Waals surface area contributed by atoms with Crippen LogP contribution in [0.2, 0.25) is 0 Å². The van der Waals surface area contributed by atoms with Crippen LogP contribution >= 0.6 is 69.6 Å². The number of rotatable bonds is 0. The molecule has 0 spiro atoms. The predicted molar refractivity (Wildman–Crippen MR) is 253 cm³/mol. The maximum atomic E-state index is 4.81. The van der Waals surface area contributed by atoms with Gasteiger partial charge in [-0.05, 0) is 133 Å². The van der Waals surface area contributed by atoms with Crippen molar-refractivity contribution in [1.82, 2.24) is 0 Å². The molecule has 0 radical (unpaired) electrons. The van der Waals surface area contributed by atoms with Gasteiger partial charge in [-0.15, -0.1) is 0 Å². The van der Waals surface area contributed by atoms with Gasteiger partial charge in [0.15, 0.2) is 8.59 Å². The van der Waals surface area contributed by atoms with Crippen molar-refractivity contribution in [2.24, 2.45) is 0 Å². The summed E-state index contributed by atoms with van der Waals surface area (Å²) in [5.41, 5.74) is 0. The number of benzene rings is 9. The molecule has 0 aliphatic carbocycles. The SMILES string of the molecule is ClC(Cl)Cl.ClC(Cl)Cl.c1cc2ccc3c(ccc4cc(ccc5ccc6c(ccc7cc(ccc8ccc9c(ccc%10cc1ccc%109)c8)ccc76)c5)ccc43)c2. The summed E-state index contributed by atoms with van der Waals surface area (Å²) in [5, 5.41) is 22.4. The lowest BCUT2D eigenvalue weighted by Gasteiger charge is -2.05. The third-order valence-electron chi connectivity index (χ3n) is 10.1. The van der Waals surface area contributed by atoms with Crippen LogP contribution in [0, 0.1) is 0 Å². The highest BCUT2D eigenvalue weighted by molar-refractivity contribution is 6.63. The zero-order valence-electron chi connectivity index (χ0n) is 29.7. The number of alkyl halides is 6. The fourth-order valence-corrected chi connectivity index (χ4v) is 7.52. The van der Waals surface area contributed by atoms with Crippen LogP contribution in [0.3, 0.4) is 0 Å². The second-order valence-electron chi connectivity index (χ2n) is 13.6. The van der Waals surface area contributed by atoms with Crippen LogP contribution in [0.15, 0.2) is 182 Å². The van der Waals surface area contributed by atoms with Crippen molar-refractivity contribution in [3.8, 4) is 0 Å². The van der Waals surface area contributed by atoms with Crippen molar-refractivity contribution in [2.75, 3.05) is 0 Å². The number of halogens is 6. The average molecular weight is 846 g/mol. The molecule has 0 N–H and O–H groups in total. The van der Waals surface area contributed by atoms with Gasteiger partial charge in [0.25, 0.3) is 0 Å². The first kappa shape index (κ1) is 38.4. The predicted octanol–water partition coefficient (Wildman–Crippen LogP) is 17.7. The number of hydrogen-bond donors (Lipinski definition) is 0. The van der Waals surface area contributed by atoms with Crippen molar-refractivity contribution in [3.05, 3.63) is 182 Å². The van der Waals surface area contributed by atoms with Gasteiger partial charge in [-0.3, -0.25) is 0 Å². The maximum Gasteiger partial charge on any atom is 0.180 e. The van der Waals surface area contributed by atoms with E-state index >= 15 is 0 Å². The highest BCUT2D eigenvalue weighted by Gasteiger charge is 2.04. The van der Waals surface area contributed by atoms with Crippen LogP contribution in [-0.2, 0) is 0 Å². The van der Waals surface area contributed by atoms with Gasteiger partial charge in [-0.2, -0.15) is 0 Å². The van der Waals surface area contributed by atoms with Crippen LogP contribution < -0.4 is 0 Å². The summed E-state index contributed by atoms with van der Waals surface area (Å²) in [7, 11) is 0. The fraction of sp³-hybridized carbons (Fsp3) is 0.0400. The Morgan fingerprint density at radius 1 is 0.196 bits per heavy atom. The first-order chi connectivity index (χ1) is 27.2. The molecule has 0 nitrogen and oxygen atoms in total. The molecular formula is C50H32Cl6. The molecule has 0 aliphatic heterocycles. The third kappa shape index (κ3) is 8.73. The summed E-state index contributed by atoms with van der Waals surface area (Å²) in [6.45, 7) is 0. The maximum absolute atomic E-state index is 4.81. The van der Waals surface area contributed by atoms with Crippen molar-refractivity contribution in [1.29, 1.82) is 0 Å². The van der Waals surface area contributed by atoms with E-state index in [1.807, 2.05) is 0 Å².